The van der Waals surface area contributed by atoms with E-state index in [9.17, 15) is 0 Å². The topological polar surface area (TPSA) is 67.8 Å². The molecule has 0 aliphatic heterocycles. The largest absolute Gasteiger partial charge is 0.382 e. The van der Waals surface area contributed by atoms with Gasteiger partial charge in [0.05, 0.1) is 25.3 Å². The second-order valence-corrected chi connectivity index (χ2v) is 5.57. The van der Waals surface area contributed by atoms with E-state index in [0.29, 0.717) is 26.4 Å². The predicted octanol–water partition coefficient (Wildman–Crippen LogP) is 2.96. The Balaban J connectivity index is 0.00000338. The summed E-state index contributed by atoms with van der Waals surface area (Å²) in [4.78, 5) is 9.15. The fraction of sp³-hybridized carbons (Fsp3) is 0.474. The van der Waals surface area contributed by atoms with E-state index < -0.39 is 0 Å². The summed E-state index contributed by atoms with van der Waals surface area (Å²) in [5.41, 5.74) is 2.13. The lowest BCUT2D eigenvalue weighted by Gasteiger charge is -2.12. The number of aliphatic imine (C=N–C) groups is 1. The number of ether oxygens (including phenoxy) is 2. The van der Waals surface area contributed by atoms with Crippen molar-refractivity contribution in [3.05, 3.63) is 42.1 Å². The van der Waals surface area contributed by atoms with Gasteiger partial charge in [-0.1, -0.05) is 24.3 Å². The van der Waals surface area contributed by atoms with Crippen LogP contribution in [0.25, 0.3) is 10.9 Å². The van der Waals surface area contributed by atoms with Crippen molar-refractivity contribution >= 4 is 40.8 Å². The van der Waals surface area contributed by atoms with Crippen molar-refractivity contribution in [3.8, 4) is 0 Å². The molecule has 0 atom stereocenters. The fourth-order valence-electron chi connectivity index (χ4n) is 2.43. The van der Waals surface area contributed by atoms with Gasteiger partial charge in [-0.2, -0.15) is 0 Å². The van der Waals surface area contributed by atoms with Gasteiger partial charge >= 0.3 is 0 Å². The van der Waals surface area contributed by atoms with Crippen LogP contribution >= 0.6 is 24.0 Å². The third-order valence-corrected chi connectivity index (χ3v) is 3.66. The lowest BCUT2D eigenvalue weighted by Crippen LogP contribution is -2.38. The number of nitrogens with zero attached hydrogens (tertiary/aromatic N) is 2. The minimum Gasteiger partial charge on any atom is -0.382 e. The van der Waals surface area contributed by atoms with Gasteiger partial charge < -0.3 is 20.1 Å². The highest BCUT2D eigenvalue weighted by molar-refractivity contribution is 14.0. The second-order valence-electron chi connectivity index (χ2n) is 5.57. The first-order valence-corrected chi connectivity index (χ1v) is 8.76. The molecular weight excluding hydrogens is 443 g/mol. The maximum atomic E-state index is 5.46. The van der Waals surface area contributed by atoms with Crippen molar-refractivity contribution in [2.45, 2.75) is 19.9 Å². The van der Waals surface area contributed by atoms with Crippen molar-refractivity contribution in [1.29, 1.82) is 0 Å². The summed E-state index contributed by atoms with van der Waals surface area (Å²) in [5.74, 6) is 0.812. The van der Waals surface area contributed by atoms with Crippen molar-refractivity contribution in [1.82, 2.24) is 15.6 Å². The molecule has 0 spiro atoms. The number of pyridine rings is 1. The molecule has 0 saturated heterocycles. The Morgan fingerprint density at radius 1 is 1.12 bits per heavy atom. The van der Waals surface area contributed by atoms with E-state index in [1.54, 1.807) is 7.11 Å². The van der Waals surface area contributed by atoms with Crippen molar-refractivity contribution in [2.75, 3.05) is 40.0 Å². The highest BCUT2D eigenvalue weighted by atomic mass is 127. The molecule has 7 heteroatoms. The maximum Gasteiger partial charge on any atom is 0.191 e. The number of nitrogens with one attached hydrogen (secondary N) is 2. The first kappa shape index (κ1) is 22.6. The average molecular weight is 472 g/mol. The molecule has 1 aromatic carbocycles. The van der Waals surface area contributed by atoms with E-state index in [1.807, 2.05) is 18.3 Å². The normalized spacial score (nSPS) is 11.2. The van der Waals surface area contributed by atoms with Crippen LogP contribution in [0.4, 0.5) is 0 Å². The monoisotopic (exact) mass is 472 g/mol. The minimum absolute atomic E-state index is 0. The number of para-hydroxylation sites is 1. The van der Waals surface area contributed by atoms with Gasteiger partial charge in [-0.05, 0) is 25.0 Å². The average Bonchev–Trinajstić information content (AvgIpc) is 2.65. The van der Waals surface area contributed by atoms with Crippen molar-refractivity contribution in [2.24, 2.45) is 4.99 Å². The molecular formula is C19H29IN4O2. The first-order valence-electron chi connectivity index (χ1n) is 8.76. The molecule has 6 nitrogen and oxygen atoms in total. The summed E-state index contributed by atoms with van der Waals surface area (Å²) >= 11 is 0. The van der Waals surface area contributed by atoms with Crippen LogP contribution in [0.1, 0.15) is 18.9 Å². The first-order chi connectivity index (χ1) is 12.3. The molecule has 0 saturated carbocycles. The Labute approximate surface area is 172 Å². The van der Waals surface area contributed by atoms with E-state index in [1.165, 1.54) is 0 Å². The standard InChI is InChI=1S/C19H28N4O2.HI/c1-3-20-19(22-11-6-12-25-14-13-24-2)23-15-17-8-4-7-16-9-5-10-21-18(16)17;/h4-5,7-10H,3,6,11-15H2,1-2H3,(H2,20,22,23);1H. The van der Waals surface area contributed by atoms with Crippen LogP contribution in [0, 0.1) is 0 Å². The zero-order valence-corrected chi connectivity index (χ0v) is 17.9. The van der Waals surface area contributed by atoms with E-state index in [0.717, 1.165) is 41.9 Å². The molecule has 0 fully saturated rings. The summed E-state index contributed by atoms with van der Waals surface area (Å²) in [5, 5.41) is 7.75. The number of fused-ring (bicyclic) bond motifs is 1. The van der Waals surface area contributed by atoms with Crippen molar-refractivity contribution < 1.29 is 9.47 Å². The summed E-state index contributed by atoms with van der Waals surface area (Å²) in [7, 11) is 1.68. The molecule has 2 aromatic rings. The van der Waals surface area contributed by atoms with Crippen molar-refractivity contribution in [3.63, 3.8) is 0 Å². The fourth-order valence-corrected chi connectivity index (χ4v) is 2.43. The molecule has 0 aliphatic rings. The summed E-state index contributed by atoms with van der Waals surface area (Å²) in [6.45, 7) is 6.27. The SMILES string of the molecule is CCNC(=NCc1cccc2cccnc12)NCCCOCCOC.I. The second kappa shape index (κ2) is 13.7. The Morgan fingerprint density at radius 2 is 1.96 bits per heavy atom. The van der Waals surface area contributed by atoms with Crippen LogP contribution in [0.5, 0.6) is 0 Å². The van der Waals surface area contributed by atoms with Crippen LogP contribution in [0.3, 0.4) is 0 Å². The van der Waals surface area contributed by atoms with Gasteiger partial charge in [0.15, 0.2) is 5.96 Å². The van der Waals surface area contributed by atoms with Gasteiger partial charge in [-0.3, -0.25) is 4.98 Å². The zero-order chi connectivity index (χ0) is 17.7. The number of benzene rings is 1. The Morgan fingerprint density at radius 3 is 2.77 bits per heavy atom. The number of aromatic nitrogens is 1. The molecule has 0 bridgehead atoms. The molecule has 1 heterocycles. The smallest absolute Gasteiger partial charge is 0.191 e. The van der Waals surface area contributed by atoms with Gasteiger partial charge in [0.1, 0.15) is 0 Å². The highest BCUT2D eigenvalue weighted by Crippen LogP contribution is 2.16. The third kappa shape index (κ3) is 7.84. The van der Waals surface area contributed by atoms with Gasteiger partial charge in [-0.25, -0.2) is 4.99 Å². The predicted molar refractivity (Wildman–Crippen MR) is 117 cm³/mol. The summed E-state index contributed by atoms with van der Waals surface area (Å²) in [6, 6.07) is 10.2. The van der Waals surface area contributed by atoms with Crippen LogP contribution in [-0.2, 0) is 16.0 Å². The van der Waals surface area contributed by atoms with E-state index in [-0.39, 0.29) is 24.0 Å². The summed E-state index contributed by atoms with van der Waals surface area (Å²) < 4.78 is 10.4. The third-order valence-electron chi connectivity index (χ3n) is 3.66. The Bertz CT molecular complexity index is 662. The van der Waals surface area contributed by atoms with Crippen LogP contribution in [-0.4, -0.2) is 51.0 Å². The van der Waals surface area contributed by atoms with Gasteiger partial charge in [0, 0.05) is 38.4 Å². The molecule has 144 valence electrons. The maximum absolute atomic E-state index is 5.46. The van der Waals surface area contributed by atoms with Gasteiger partial charge in [0.25, 0.3) is 0 Å². The highest BCUT2D eigenvalue weighted by Gasteiger charge is 2.02. The minimum atomic E-state index is 0. The quantitative estimate of drug-likeness (QED) is 0.241. The van der Waals surface area contributed by atoms with Gasteiger partial charge in [0.2, 0.25) is 0 Å². The van der Waals surface area contributed by atoms with Crippen LogP contribution < -0.4 is 10.6 Å². The number of hydrogen-bond acceptors (Lipinski definition) is 4. The number of hydrogen-bond donors (Lipinski definition) is 2. The molecule has 2 N–H and O–H groups in total. The molecule has 0 unspecified atom stereocenters. The number of guanidine groups is 1. The molecule has 1 aromatic heterocycles. The lowest BCUT2D eigenvalue weighted by atomic mass is 10.1. The van der Waals surface area contributed by atoms with Crippen LogP contribution in [0.2, 0.25) is 0 Å². The van der Waals surface area contributed by atoms with Crippen LogP contribution in [0.15, 0.2) is 41.5 Å². The number of rotatable bonds is 10. The van der Waals surface area contributed by atoms with E-state index in [4.69, 9.17) is 9.47 Å². The van der Waals surface area contributed by atoms with E-state index >= 15 is 0 Å². The zero-order valence-electron chi connectivity index (χ0n) is 15.5. The molecule has 0 aliphatic carbocycles. The Hall–Kier alpha value is -1.45. The lowest BCUT2D eigenvalue weighted by molar-refractivity contribution is 0.0698. The van der Waals surface area contributed by atoms with E-state index in [2.05, 4.69) is 45.7 Å². The number of methoxy groups -OCH3 is 1. The molecule has 26 heavy (non-hydrogen) atoms. The molecule has 2 rings (SSSR count). The molecule has 0 radical (unpaired) electrons. The summed E-state index contributed by atoms with van der Waals surface area (Å²) in [6.07, 6.45) is 2.74. The number of halogens is 1. The Kier molecular flexibility index (Phi) is 11.9. The van der Waals surface area contributed by atoms with Gasteiger partial charge in [-0.15, -0.1) is 24.0 Å². The molecule has 0 amide bonds.